The van der Waals surface area contributed by atoms with E-state index in [1.54, 1.807) is 19.9 Å². The van der Waals surface area contributed by atoms with Gasteiger partial charge < -0.3 is 15.0 Å². The molecule has 3 rings (SSSR count). The monoisotopic (exact) mass is 394 g/mol. The topological polar surface area (TPSA) is 71.2 Å². The number of rotatable bonds is 7. The first kappa shape index (κ1) is 20.3. The smallest absolute Gasteiger partial charge is 0.254 e. The highest BCUT2D eigenvalue weighted by atomic mass is 19.1. The van der Waals surface area contributed by atoms with Gasteiger partial charge in [-0.1, -0.05) is 24.3 Å². The molecule has 2 aromatic carbocycles. The second-order valence-electron chi connectivity index (χ2n) is 6.85. The fourth-order valence-corrected chi connectivity index (χ4v) is 3.07. The van der Waals surface area contributed by atoms with Crippen molar-refractivity contribution in [3.8, 4) is 5.75 Å². The Hall–Kier alpha value is -3.41. The van der Waals surface area contributed by atoms with Crippen molar-refractivity contribution in [2.75, 3.05) is 6.61 Å². The predicted octanol–water partition coefficient (Wildman–Crippen LogP) is 3.68. The largest absolute Gasteiger partial charge is 0.493 e. The summed E-state index contributed by atoms with van der Waals surface area (Å²) in [5.41, 5.74) is 2.41. The van der Waals surface area contributed by atoms with Gasteiger partial charge in [0.1, 0.15) is 11.6 Å². The van der Waals surface area contributed by atoms with Crippen LogP contribution in [0.1, 0.15) is 32.7 Å². The van der Waals surface area contributed by atoms with Crippen LogP contribution < -0.4 is 15.6 Å². The Labute approximate surface area is 168 Å². The molecule has 1 heterocycles. The number of ether oxygens (including phenoxy) is 1. The quantitative estimate of drug-likeness (QED) is 0.642. The maximum atomic E-state index is 14.4. The number of pyridine rings is 1. The molecule has 0 saturated heterocycles. The highest BCUT2D eigenvalue weighted by Crippen LogP contribution is 2.13. The van der Waals surface area contributed by atoms with Crippen molar-refractivity contribution in [3.63, 3.8) is 0 Å². The molecule has 0 fully saturated rings. The van der Waals surface area contributed by atoms with Crippen molar-refractivity contribution < 1.29 is 13.9 Å². The number of carbonyl (C=O) groups excluding carboxylic acids is 1. The summed E-state index contributed by atoms with van der Waals surface area (Å²) >= 11 is 0. The second kappa shape index (κ2) is 9.19. The lowest BCUT2D eigenvalue weighted by molar-refractivity contribution is 0.0946. The lowest BCUT2D eigenvalue weighted by atomic mass is 10.1. The molecule has 0 radical (unpaired) electrons. The summed E-state index contributed by atoms with van der Waals surface area (Å²) in [6.07, 6.45) is 0.519. The molecule has 1 amide bonds. The van der Waals surface area contributed by atoms with Crippen LogP contribution in [0.2, 0.25) is 0 Å². The Morgan fingerprint density at radius 3 is 2.55 bits per heavy atom. The van der Waals surface area contributed by atoms with Crippen molar-refractivity contribution in [1.29, 1.82) is 0 Å². The Morgan fingerprint density at radius 2 is 1.86 bits per heavy atom. The zero-order valence-electron chi connectivity index (χ0n) is 16.4. The summed E-state index contributed by atoms with van der Waals surface area (Å²) in [5, 5.41) is 2.62. The third-order valence-electron chi connectivity index (χ3n) is 4.60. The molecule has 0 saturated carbocycles. The van der Waals surface area contributed by atoms with Gasteiger partial charge in [0, 0.05) is 24.2 Å². The van der Waals surface area contributed by atoms with Gasteiger partial charge in [0.05, 0.1) is 12.2 Å². The lowest BCUT2D eigenvalue weighted by Crippen LogP contribution is -2.28. The number of hydrogen-bond acceptors (Lipinski definition) is 3. The van der Waals surface area contributed by atoms with Crippen LogP contribution in [0.4, 0.5) is 4.39 Å². The Balaban J connectivity index is 1.59. The molecule has 0 unspecified atom stereocenters. The van der Waals surface area contributed by atoms with Crippen LogP contribution in [0, 0.1) is 19.7 Å². The zero-order chi connectivity index (χ0) is 20.8. The van der Waals surface area contributed by atoms with Crippen LogP contribution in [0.3, 0.4) is 0 Å². The molecule has 0 spiro atoms. The maximum Gasteiger partial charge on any atom is 0.254 e. The van der Waals surface area contributed by atoms with Crippen molar-refractivity contribution in [2.45, 2.75) is 26.8 Å². The normalized spacial score (nSPS) is 10.6. The maximum absolute atomic E-state index is 14.4. The van der Waals surface area contributed by atoms with Gasteiger partial charge in [-0.25, -0.2) is 4.39 Å². The highest BCUT2D eigenvalue weighted by Gasteiger charge is 2.14. The molecular weight excluding hydrogens is 371 g/mol. The molecular formula is C23H23FN2O3. The van der Waals surface area contributed by atoms with Gasteiger partial charge in [-0.2, -0.15) is 0 Å². The van der Waals surface area contributed by atoms with E-state index >= 15 is 0 Å². The molecule has 1 aromatic heterocycles. The summed E-state index contributed by atoms with van der Waals surface area (Å²) in [6, 6.07) is 15.7. The van der Waals surface area contributed by atoms with Crippen molar-refractivity contribution in [1.82, 2.24) is 10.3 Å². The average molecular weight is 394 g/mol. The minimum absolute atomic E-state index is 0.0341. The standard InChI is InChI=1S/C23H23FN2O3/c1-15-12-16(2)26-23(28)20(15)14-25-22(27)19-9-8-17(13-21(19)24)10-11-29-18-6-4-3-5-7-18/h3-9,12-13H,10-11,14H2,1-2H3,(H,25,27)(H,26,28). The van der Waals surface area contributed by atoms with Crippen LogP contribution in [0.5, 0.6) is 5.75 Å². The molecule has 0 atom stereocenters. The summed E-state index contributed by atoms with van der Waals surface area (Å²) < 4.78 is 20.0. The van der Waals surface area contributed by atoms with E-state index in [1.807, 2.05) is 36.4 Å². The van der Waals surface area contributed by atoms with E-state index in [-0.39, 0.29) is 17.7 Å². The molecule has 2 N–H and O–H groups in total. The average Bonchev–Trinajstić information content (AvgIpc) is 2.68. The minimum atomic E-state index is -0.603. The van der Waals surface area contributed by atoms with E-state index in [4.69, 9.17) is 4.74 Å². The number of aromatic amines is 1. The van der Waals surface area contributed by atoms with Crippen LogP contribution in [-0.2, 0) is 13.0 Å². The summed E-state index contributed by atoms with van der Waals surface area (Å²) in [4.78, 5) is 27.1. The molecule has 3 aromatic rings. The molecule has 6 heteroatoms. The van der Waals surface area contributed by atoms with E-state index < -0.39 is 11.7 Å². The molecule has 5 nitrogen and oxygen atoms in total. The summed E-state index contributed by atoms with van der Waals surface area (Å²) in [7, 11) is 0. The van der Waals surface area contributed by atoms with Crippen molar-refractivity contribution >= 4 is 5.91 Å². The SMILES string of the molecule is Cc1cc(C)c(CNC(=O)c2ccc(CCOc3ccccc3)cc2F)c(=O)[nH]1. The van der Waals surface area contributed by atoms with Crippen LogP contribution >= 0.6 is 0 Å². The molecule has 0 aliphatic heterocycles. The Kier molecular flexibility index (Phi) is 6.44. The number of halogens is 1. The van der Waals surface area contributed by atoms with Crippen LogP contribution in [0.25, 0.3) is 0 Å². The first-order chi connectivity index (χ1) is 13.9. The van der Waals surface area contributed by atoms with Crippen molar-refractivity contribution in [2.24, 2.45) is 0 Å². The Bertz CT molecular complexity index is 1060. The molecule has 0 aliphatic carbocycles. The number of H-pyrrole nitrogens is 1. The molecule has 150 valence electrons. The number of nitrogens with one attached hydrogen (secondary N) is 2. The number of aromatic nitrogens is 1. The van der Waals surface area contributed by atoms with Gasteiger partial charge in [0.15, 0.2) is 0 Å². The number of aryl methyl sites for hydroxylation is 2. The summed E-state index contributed by atoms with van der Waals surface area (Å²) in [5.74, 6) is -0.409. The Morgan fingerprint density at radius 1 is 1.10 bits per heavy atom. The third kappa shape index (κ3) is 5.31. The third-order valence-corrected chi connectivity index (χ3v) is 4.60. The van der Waals surface area contributed by atoms with E-state index in [0.717, 1.165) is 22.6 Å². The first-order valence-corrected chi connectivity index (χ1v) is 9.38. The fourth-order valence-electron chi connectivity index (χ4n) is 3.07. The minimum Gasteiger partial charge on any atom is -0.493 e. The number of para-hydroxylation sites is 1. The number of amides is 1. The van der Waals surface area contributed by atoms with E-state index in [9.17, 15) is 14.0 Å². The van der Waals surface area contributed by atoms with Gasteiger partial charge >= 0.3 is 0 Å². The highest BCUT2D eigenvalue weighted by molar-refractivity contribution is 5.94. The lowest BCUT2D eigenvalue weighted by Gasteiger charge is -2.10. The number of benzene rings is 2. The van der Waals surface area contributed by atoms with Gasteiger partial charge in [0.25, 0.3) is 11.5 Å². The van der Waals surface area contributed by atoms with E-state index in [0.29, 0.717) is 18.6 Å². The van der Waals surface area contributed by atoms with Gasteiger partial charge in [-0.05, 0) is 55.3 Å². The van der Waals surface area contributed by atoms with Crippen molar-refractivity contribution in [3.05, 3.63) is 98.7 Å². The number of hydrogen-bond donors (Lipinski definition) is 2. The molecule has 0 aliphatic rings. The number of carbonyl (C=O) groups is 1. The van der Waals surface area contributed by atoms with E-state index in [2.05, 4.69) is 10.3 Å². The zero-order valence-corrected chi connectivity index (χ0v) is 16.4. The van der Waals surface area contributed by atoms with Gasteiger partial charge in [-0.15, -0.1) is 0 Å². The second-order valence-corrected chi connectivity index (χ2v) is 6.85. The van der Waals surface area contributed by atoms with E-state index in [1.165, 1.54) is 12.1 Å². The van der Waals surface area contributed by atoms with Crippen LogP contribution in [-0.4, -0.2) is 17.5 Å². The van der Waals surface area contributed by atoms with Crippen LogP contribution in [0.15, 0.2) is 59.4 Å². The first-order valence-electron chi connectivity index (χ1n) is 9.38. The molecule has 29 heavy (non-hydrogen) atoms. The molecule has 0 bridgehead atoms. The summed E-state index contributed by atoms with van der Waals surface area (Å²) in [6.45, 7) is 4.03. The van der Waals surface area contributed by atoms with Gasteiger partial charge in [-0.3, -0.25) is 9.59 Å². The van der Waals surface area contributed by atoms with Gasteiger partial charge in [0.2, 0.25) is 0 Å². The fraction of sp³-hybridized carbons (Fsp3) is 0.217. The predicted molar refractivity (Wildman–Crippen MR) is 110 cm³/mol.